The summed E-state index contributed by atoms with van der Waals surface area (Å²) in [7, 11) is 0. The lowest BCUT2D eigenvalue weighted by atomic mass is 10.0. The number of rotatable bonds is 4. The first kappa shape index (κ1) is 20.1. The number of carbonyl (C=O) groups is 2. The molecule has 0 aliphatic carbocycles. The summed E-state index contributed by atoms with van der Waals surface area (Å²) < 4.78 is 7.04. The minimum atomic E-state index is -1.72. The van der Waals surface area contributed by atoms with Crippen LogP contribution in [0, 0.1) is 3.57 Å². The minimum absolute atomic E-state index is 0.303. The molecule has 2 N–H and O–H groups in total. The SMILES string of the molecule is CC(C)(C)OC(=O)NC[C@@](C)(C(=O)O)n1cnc2cc(I)ccc2c1=O. The summed E-state index contributed by atoms with van der Waals surface area (Å²) in [5.41, 5.74) is -2.46. The van der Waals surface area contributed by atoms with Crippen LogP contribution in [0.4, 0.5) is 4.79 Å². The van der Waals surface area contributed by atoms with E-state index in [1.54, 1.807) is 39.0 Å². The third-order valence-corrected chi connectivity index (χ3v) is 4.36. The van der Waals surface area contributed by atoms with Crippen molar-refractivity contribution in [2.75, 3.05) is 6.54 Å². The van der Waals surface area contributed by atoms with Gasteiger partial charge >= 0.3 is 12.1 Å². The van der Waals surface area contributed by atoms with Gasteiger partial charge in [-0.15, -0.1) is 0 Å². The van der Waals surface area contributed by atoms with E-state index < -0.39 is 28.8 Å². The Morgan fingerprint density at radius 2 is 1.96 bits per heavy atom. The predicted molar refractivity (Wildman–Crippen MR) is 104 cm³/mol. The molecule has 140 valence electrons. The van der Waals surface area contributed by atoms with Crippen molar-refractivity contribution in [1.29, 1.82) is 0 Å². The second kappa shape index (κ2) is 7.22. The molecule has 0 radical (unpaired) electrons. The maximum absolute atomic E-state index is 12.8. The van der Waals surface area contributed by atoms with Crippen LogP contribution in [0.15, 0.2) is 29.3 Å². The highest BCUT2D eigenvalue weighted by Gasteiger charge is 2.37. The second-order valence-corrected chi connectivity index (χ2v) is 8.26. The Morgan fingerprint density at radius 1 is 1.31 bits per heavy atom. The number of benzene rings is 1. The number of aliphatic carboxylic acids is 1. The zero-order valence-corrected chi connectivity index (χ0v) is 17.0. The molecule has 0 fully saturated rings. The Kier molecular flexibility index (Phi) is 5.59. The van der Waals surface area contributed by atoms with E-state index in [2.05, 4.69) is 32.9 Å². The third-order valence-electron chi connectivity index (χ3n) is 3.69. The lowest BCUT2D eigenvalue weighted by Crippen LogP contribution is -2.53. The molecule has 0 saturated carbocycles. The number of nitrogens with zero attached hydrogens (tertiary/aromatic N) is 2. The van der Waals surface area contributed by atoms with Crippen LogP contribution in [0.1, 0.15) is 27.7 Å². The topological polar surface area (TPSA) is 111 Å². The standard InChI is InChI=1S/C17H20IN3O5/c1-16(2,3)26-15(25)19-8-17(4,14(23)24)21-9-20-12-7-10(18)5-6-11(12)13(21)22/h5-7,9H,8H2,1-4H3,(H,19,25)(H,23,24)/t17-/m0/s1. The van der Waals surface area contributed by atoms with Crippen molar-refractivity contribution in [1.82, 2.24) is 14.9 Å². The summed E-state index contributed by atoms with van der Waals surface area (Å²) in [6.45, 7) is 6.09. The summed E-state index contributed by atoms with van der Waals surface area (Å²) in [5.74, 6) is -1.28. The lowest BCUT2D eigenvalue weighted by Gasteiger charge is -2.28. The van der Waals surface area contributed by atoms with Crippen LogP contribution in [-0.4, -0.2) is 38.9 Å². The lowest BCUT2D eigenvalue weighted by molar-refractivity contribution is -0.146. The van der Waals surface area contributed by atoms with Crippen molar-refractivity contribution in [3.8, 4) is 0 Å². The largest absolute Gasteiger partial charge is 0.479 e. The number of carbonyl (C=O) groups excluding carboxylic acids is 1. The fraction of sp³-hybridized carbons (Fsp3) is 0.412. The Labute approximate surface area is 163 Å². The van der Waals surface area contributed by atoms with Gasteiger partial charge in [0.15, 0.2) is 5.54 Å². The van der Waals surface area contributed by atoms with E-state index in [9.17, 15) is 19.5 Å². The van der Waals surface area contributed by atoms with Crippen LogP contribution in [0.5, 0.6) is 0 Å². The normalized spacial score (nSPS) is 13.9. The molecule has 0 aliphatic rings. The highest BCUT2D eigenvalue weighted by Crippen LogP contribution is 2.17. The van der Waals surface area contributed by atoms with Gasteiger partial charge in [0.05, 0.1) is 23.8 Å². The van der Waals surface area contributed by atoms with Gasteiger partial charge in [-0.25, -0.2) is 14.6 Å². The van der Waals surface area contributed by atoms with Gasteiger partial charge < -0.3 is 15.2 Å². The first-order chi connectivity index (χ1) is 11.9. The molecule has 1 amide bonds. The summed E-state index contributed by atoms with van der Waals surface area (Å²) >= 11 is 2.10. The zero-order chi connectivity index (χ0) is 19.7. The van der Waals surface area contributed by atoms with E-state index in [1.165, 1.54) is 13.3 Å². The van der Waals surface area contributed by atoms with Crippen LogP contribution in [0.25, 0.3) is 10.9 Å². The number of fused-ring (bicyclic) bond motifs is 1. The van der Waals surface area contributed by atoms with Crippen molar-refractivity contribution >= 4 is 45.6 Å². The van der Waals surface area contributed by atoms with Gasteiger partial charge in [0.1, 0.15) is 5.60 Å². The van der Waals surface area contributed by atoms with Crippen LogP contribution in [-0.2, 0) is 15.1 Å². The molecule has 9 heteroatoms. The predicted octanol–water partition coefficient (Wildman–Crippen LogP) is 2.33. The zero-order valence-electron chi connectivity index (χ0n) is 14.9. The Balaban J connectivity index is 2.40. The minimum Gasteiger partial charge on any atom is -0.479 e. The monoisotopic (exact) mass is 473 g/mol. The Bertz CT molecular complexity index is 919. The van der Waals surface area contributed by atoms with Gasteiger partial charge in [-0.1, -0.05) is 0 Å². The molecule has 0 unspecified atom stereocenters. The summed E-state index contributed by atoms with van der Waals surface area (Å²) in [4.78, 5) is 40.7. The number of halogens is 1. The number of hydrogen-bond acceptors (Lipinski definition) is 5. The number of amides is 1. The number of nitrogens with one attached hydrogen (secondary N) is 1. The van der Waals surface area contributed by atoms with Gasteiger partial charge in [0.2, 0.25) is 0 Å². The molecule has 0 saturated heterocycles. The molecule has 2 rings (SSSR count). The first-order valence-corrected chi connectivity index (χ1v) is 8.89. The van der Waals surface area contributed by atoms with Crippen LogP contribution in [0.2, 0.25) is 0 Å². The van der Waals surface area contributed by atoms with E-state index in [4.69, 9.17) is 4.74 Å². The molecule has 1 aromatic carbocycles. The molecule has 1 heterocycles. The molecule has 8 nitrogen and oxygen atoms in total. The molecule has 0 aliphatic heterocycles. The maximum Gasteiger partial charge on any atom is 0.407 e. The average Bonchev–Trinajstić information content (AvgIpc) is 2.51. The molecular weight excluding hydrogens is 453 g/mol. The average molecular weight is 473 g/mol. The number of ether oxygens (including phenoxy) is 1. The molecule has 2 aromatic rings. The Hall–Kier alpha value is -2.17. The quantitative estimate of drug-likeness (QED) is 0.660. The molecule has 0 bridgehead atoms. The van der Waals surface area contributed by atoms with Gasteiger partial charge in [-0.05, 0) is 68.5 Å². The van der Waals surface area contributed by atoms with Crippen molar-refractivity contribution in [3.05, 3.63) is 38.5 Å². The number of alkyl carbamates (subject to hydrolysis) is 1. The maximum atomic E-state index is 12.8. The Morgan fingerprint density at radius 3 is 2.54 bits per heavy atom. The highest BCUT2D eigenvalue weighted by molar-refractivity contribution is 14.1. The van der Waals surface area contributed by atoms with E-state index in [0.29, 0.717) is 10.9 Å². The molecule has 26 heavy (non-hydrogen) atoms. The molecule has 1 atom stereocenters. The number of carboxylic acids is 1. The van der Waals surface area contributed by atoms with Gasteiger partial charge in [-0.3, -0.25) is 9.36 Å². The number of hydrogen-bond donors (Lipinski definition) is 2. The van der Waals surface area contributed by atoms with E-state index in [0.717, 1.165) is 8.14 Å². The van der Waals surface area contributed by atoms with Gasteiger partial charge in [-0.2, -0.15) is 0 Å². The van der Waals surface area contributed by atoms with Crippen LogP contribution >= 0.6 is 22.6 Å². The van der Waals surface area contributed by atoms with Gasteiger partial charge in [0, 0.05) is 3.57 Å². The van der Waals surface area contributed by atoms with Crippen molar-refractivity contribution in [3.63, 3.8) is 0 Å². The second-order valence-electron chi connectivity index (χ2n) is 7.02. The van der Waals surface area contributed by atoms with Crippen molar-refractivity contribution < 1.29 is 19.4 Å². The highest BCUT2D eigenvalue weighted by atomic mass is 127. The third kappa shape index (κ3) is 4.32. The van der Waals surface area contributed by atoms with E-state index in [1.807, 2.05) is 0 Å². The number of carboxylic acid groups (broad SMARTS) is 1. The molecule has 0 spiro atoms. The van der Waals surface area contributed by atoms with Crippen LogP contribution < -0.4 is 10.9 Å². The first-order valence-electron chi connectivity index (χ1n) is 7.82. The van der Waals surface area contributed by atoms with Crippen molar-refractivity contribution in [2.45, 2.75) is 38.8 Å². The molecular formula is C17H20IN3O5. The van der Waals surface area contributed by atoms with E-state index in [-0.39, 0.29) is 6.54 Å². The number of aromatic nitrogens is 2. The van der Waals surface area contributed by atoms with Gasteiger partial charge in [0.25, 0.3) is 5.56 Å². The summed E-state index contributed by atoms with van der Waals surface area (Å²) in [5, 5.41) is 12.4. The molecule has 1 aromatic heterocycles. The van der Waals surface area contributed by atoms with E-state index >= 15 is 0 Å². The van der Waals surface area contributed by atoms with Crippen LogP contribution in [0.3, 0.4) is 0 Å². The van der Waals surface area contributed by atoms with Crippen molar-refractivity contribution in [2.24, 2.45) is 0 Å². The smallest absolute Gasteiger partial charge is 0.407 e. The fourth-order valence-corrected chi connectivity index (χ4v) is 2.74. The summed E-state index contributed by atoms with van der Waals surface area (Å²) in [6.07, 6.45) is 0.423. The fourth-order valence-electron chi connectivity index (χ4n) is 2.27. The summed E-state index contributed by atoms with van der Waals surface area (Å²) in [6, 6.07) is 5.08.